The molecule has 0 bridgehead atoms. The number of carbonyl (C=O) groups is 1. The van der Waals surface area contributed by atoms with Gasteiger partial charge in [-0.2, -0.15) is 13.2 Å². The number of aromatic nitrogens is 1. The fourth-order valence-corrected chi connectivity index (χ4v) is 1.10. The Hall–Kier alpha value is -1.46. The number of aromatic amines is 1. The molecule has 0 saturated carbocycles. The SMILES string of the molecule is CC(C)(C)OC(=O)c1c[nH]cc1C(F)(F)F. The largest absolute Gasteiger partial charge is 0.456 e. The van der Waals surface area contributed by atoms with E-state index in [4.69, 9.17) is 4.74 Å². The predicted octanol–water partition coefficient (Wildman–Crippen LogP) is 2.99. The van der Waals surface area contributed by atoms with Gasteiger partial charge in [0.25, 0.3) is 0 Å². The van der Waals surface area contributed by atoms with Crippen molar-refractivity contribution in [1.82, 2.24) is 4.98 Å². The van der Waals surface area contributed by atoms with Crippen molar-refractivity contribution < 1.29 is 22.7 Å². The number of carbonyl (C=O) groups excluding carboxylic acids is 1. The topological polar surface area (TPSA) is 42.1 Å². The highest BCUT2D eigenvalue weighted by Gasteiger charge is 2.37. The fourth-order valence-electron chi connectivity index (χ4n) is 1.10. The van der Waals surface area contributed by atoms with Crippen LogP contribution in [0.15, 0.2) is 12.4 Å². The maximum Gasteiger partial charge on any atom is 0.418 e. The van der Waals surface area contributed by atoms with E-state index in [1.54, 1.807) is 20.8 Å². The highest BCUT2D eigenvalue weighted by molar-refractivity contribution is 5.91. The normalized spacial score (nSPS) is 12.6. The van der Waals surface area contributed by atoms with E-state index in [1.807, 2.05) is 0 Å². The first-order chi connectivity index (χ1) is 7.11. The van der Waals surface area contributed by atoms with Gasteiger partial charge in [-0.05, 0) is 20.8 Å². The first kappa shape index (κ1) is 12.6. The molecule has 1 heterocycles. The molecule has 16 heavy (non-hydrogen) atoms. The Bertz CT molecular complexity index is 388. The quantitative estimate of drug-likeness (QED) is 0.760. The average molecular weight is 235 g/mol. The molecule has 3 nitrogen and oxygen atoms in total. The Labute approximate surface area is 90.6 Å². The minimum Gasteiger partial charge on any atom is -0.456 e. The molecular formula is C10H12F3NO2. The Kier molecular flexibility index (Phi) is 3.03. The van der Waals surface area contributed by atoms with E-state index in [1.165, 1.54) is 0 Å². The molecule has 0 radical (unpaired) electrons. The summed E-state index contributed by atoms with van der Waals surface area (Å²) in [7, 11) is 0. The van der Waals surface area contributed by atoms with Crippen LogP contribution in [0.3, 0.4) is 0 Å². The summed E-state index contributed by atoms with van der Waals surface area (Å²) < 4.78 is 42.2. The van der Waals surface area contributed by atoms with E-state index in [2.05, 4.69) is 4.98 Å². The molecule has 1 aromatic heterocycles. The Morgan fingerprint density at radius 3 is 2.25 bits per heavy atom. The number of H-pyrrole nitrogens is 1. The molecule has 0 unspecified atom stereocenters. The minimum atomic E-state index is -4.56. The zero-order valence-corrected chi connectivity index (χ0v) is 9.11. The Balaban J connectivity index is 2.98. The second kappa shape index (κ2) is 3.84. The summed E-state index contributed by atoms with van der Waals surface area (Å²) in [6.07, 6.45) is -2.84. The van der Waals surface area contributed by atoms with Crippen LogP contribution in [0.25, 0.3) is 0 Å². The van der Waals surface area contributed by atoms with E-state index in [9.17, 15) is 18.0 Å². The van der Waals surface area contributed by atoms with Crippen molar-refractivity contribution in [2.45, 2.75) is 32.5 Å². The van der Waals surface area contributed by atoms with Crippen LogP contribution < -0.4 is 0 Å². The summed E-state index contributed by atoms with van der Waals surface area (Å²) in [5.41, 5.74) is -2.33. The molecule has 0 saturated heterocycles. The first-order valence-electron chi connectivity index (χ1n) is 4.58. The summed E-state index contributed by atoms with van der Waals surface area (Å²) in [6, 6.07) is 0. The molecule has 0 aromatic carbocycles. The summed E-state index contributed by atoms with van der Waals surface area (Å²) >= 11 is 0. The van der Waals surface area contributed by atoms with Crippen molar-refractivity contribution >= 4 is 5.97 Å². The van der Waals surface area contributed by atoms with Gasteiger partial charge in [-0.1, -0.05) is 0 Å². The molecule has 0 amide bonds. The zero-order chi connectivity index (χ0) is 12.6. The van der Waals surface area contributed by atoms with E-state index in [0.717, 1.165) is 12.4 Å². The van der Waals surface area contributed by atoms with Gasteiger partial charge in [0.2, 0.25) is 0 Å². The van der Waals surface area contributed by atoms with Gasteiger partial charge in [-0.25, -0.2) is 4.79 Å². The molecule has 0 aliphatic carbocycles. The Morgan fingerprint density at radius 1 is 1.25 bits per heavy atom. The highest BCUT2D eigenvalue weighted by atomic mass is 19.4. The van der Waals surface area contributed by atoms with Gasteiger partial charge in [0.15, 0.2) is 0 Å². The van der Waals surface area contributed by atoms with Crippen molar-refractivity contribution in [3.63, 3.8) is 0 Å². The van der Waals surface area contributed by atoms with Crippen LogP contribution in [0.1, 0.15) is 36.7 Å². The lowest BCUT2D eigenvalue weighted by Crippen LogP contribution is -2.25. The molecule has 0 fully saturated rings. The standard InChI is InChI=1S/C10H12F3NO2/c1-9(2,3)16-8(15)6-4-14-5-7(6)10(11,12)13/h4-5,14H,1-3H3. The molecule has 1 rings (SSSR count). The van der Waals surface area contributed by atoms with Crippen molar-refractivity contribution in [2.24, 2.45) is 0 Å². The summed E-state index contributed by atoms with van der Waals surface area (Å²) in [4.78, 5) is 13.7. The number of hydrogen-bond acceptors (Lipinski definition) is 2. The number of hydrogen-bond donors (Lipinski definition) is 1. The molecule has 0 aliphatic heterocycles. The monoisotopic (exact) mass is 235 g/mol. The fraction of sp³-hybridized carbons (Fsp3) is 0.500. The van der Waals surface area contributed by atoms with Crippen LogP contribution in [-0.4, -0.2) is 16.6 Å². The minimum absolute atomic E-state index is 0.498. The van der Waals surface area contributed by atoms with Gasteiger partial charge in [0, 0.05) is 12.4 Å². The lowest BCUT2D eigenvalue weighted by atomic mass is 10.1. The Morgan fingerprint density at radius 2 is 1.81 bits per heavy atom. The third-order valence-electron chi connectivity index (χ3n) is 1.67. The summed E-state index contributed by atoms with van der Waals surface area (Å²) in [5.74, 6) is -0.985. The van der Waals surface area contributed by atoms with Crippen molar-refractivity contribution in [2.75, 3.05) is 0 Å². The van der Waals surface area contributed by atoms with Crippen LogP contribution in [-0.2, 0) is 10.9 Å². The van der Waals surface area contributed by atoms with Gasteiger partial charge in [-0.3, -0.25) is 0 Å². The molecule has 90 valence electrons. The van der Waals surface area contributed by atoms with Gasteiger partial charge < -0.3 is 9.72 Å². The van der Waals surface area contributed by atoms with Gasteiger partial charge >= 0.3 is 12.1 Å². The third kappa shape index (κ3) is 3.01. The molecular weight excluding hydrogens is 223 g/mol. The smallest absolute Gasteiger partial charge is 0.418 e. The highest BCUT2D eigenvalue weighted by Crippen LogP contribution is 2.32. The number of halogens is 3. The maximum atomic E-state index is 12.4. The predicted molar refractivity (Wildman–Crippen MR) is 51.0 cm³/mol. The number of rotatable bonds is 1. The maximum absolute atomic E-state index is 12.4. The molecule has 1 aromatic rings. The molecule has 6 heteroatoms. The van der Waals surface area contributed by atoms with E-state index < -0.39 is 28.9 Å². The van der Waals surface area contributed by atoms with Crippen LogP contribution in [0.2, 0.25) is 0 Å². The van der Waals surface area contributed by atoms with Gasteiger partial charge in [0.1, 0.15) is 5.60 Å². The first-order valence-corrected chi connectivity index (χ1v) is 4.58. The van der Waals surface area contributed by atoms with Gasteiger partial charge in [0.05, 0.1) is 11.1 Å². The van der Waals surface area contributed by atoms with E-state index >= 15 is 0 Å². The van der Waals surface area contributed by atoms with Crippen LogP contribution >= 0.6 is 0 Å². The summed E-state index contributed by atoms with van der Waals surface area (Å²) in [6.45, 7) is 4.76. The number of esters is 1. The van der Waals surface area contributed by atoms with Gasteiger partial charge in [-0.15, -0.1) is 0 Å². The second-order valence-corrected chi connectivity index (χ2v) is 4.28. The lowest BCUT2D eigenvalue weighted by molar-refractivity contribution is -0.138. The van der Waals surface area contributed by atoms with Crippen LogP contribution in [0.4, 0.5) is 13.2 Å². The number of nitrogens with one attached hydrogen (secondary N) is 1. The average Bonchev–Trinajstić information content (AvgIpc) is 2.45. The van der Waals surface area contributed by atoms with E-state index in [0.29, 0.717) is 0 Å². The molecule has 0 atom stereocenters. The molecule has 0 spiro atoms. The van der Waals surface area contributed by atoms with Crippen LogP contribution in [0, 0.1) is 0 Å². The zero-order valence-electron chi connectivity index (χ0n) is 9.11. The third-order valence-corrected chi connectivity index (χ3v) is 1.67. The molecule has 0 aliphatic rings. The second-order valence-electron chi connectivity index (χ2n) is 4.28. The summed E-state index contributed by atoms with van der Waals surface area (Å²) in [5, 5.41) is 0. The van der Waals surface area contributed by atoms with Crippen molar-refractivity contribution in [1.29, 1.82) is 0 Å². The van der Waals surface area contributed by atoms with Crippen molar-refractivity contribution in [3.05, 3.63) is 23.5 Å². The van der Waals surface area contributed by atoms with Crippen molar-refractivity contribution in [3.8, 4) is 0 Å². The molecule has 1 N–H and O–H groups in total. The van der Waals surface area contributed by atoms with Crippen LogP contribution in [0.5, 0.6) is 0 Å². The van der Waals surface area contributed by atoms with E-state index in [-0.39, 0.29) is 0 Å². The number of ether oxygens (including phenoxy) is 1. The number of alkyl halides is 3. The lowest BCUT2D eigenvalue weighted by Gasteiger charge is -2.19.